The number of benzene rings is 1. The first-order valence-corrected chi connectivity index (χ1v) is 9.36. The molecule has 1 aromatic rings. The molecule has 1 aliphatic carbocycles. The average Bonchev–Trinajstić information content (AvgIpc) is 2.64. The zero-order valence-electron chi connectivity index (χ0n) is 16.1. The molecule has 0 amide bonds. The Morgan fingerprint density at radius 1 is 1.31 bits per heavy atom. The van der Waals surface area contributed by atoms with E-state index in [1.54, 1.807) is 6.92 Å². The van der Waals surface area contributed by atoms with Gasteiger partial charge in [-0.2, -0.15) is 0 Å². The predicted octanol–water partition coefficient (Wildman–Crippen LogP) is 3.26. The summed E-state index contributed by atoms with van der Waals surface area (Å²) in [6.45, 7) is 5.70. The lowest BCUT2D eigenvalue weighted by Gasteiger charge is -2.21. The summed E-state index contributed by atoms with van der Waals surface area (Å²) in [7, 11) is 0. The average molecular weight is 364 g/mol. The van der Waals surface area contributed by atoms with Crippen LogP contribution in [0, 0.1) is 6.92 Å². The number of para-hydroxylation sites is 1. The van der Waals surface area contributed by atoms with Gasteiger partial charge in [0.2, 0.25) is 0 Å². The summed E-state index contributed by atoms with van der Waals surface area (Å²) in [5.41, 5.74) is 8.31. The minimum atomic E-state index is -0.833. The molecule has 6 heteroatoms. The molecule has 0 bridgehead atoms. The molecule has 0 unspecified atom stereocenters. The number of anilines is 1. The molecular formula is C20H32N2O4. The zero-order valence-corrected chi connectivity index (χ0v) is 16.1. The number of aliphatic carboxylic acids is 1. The number of hydrogen-bond acceptors (Lipinski definition) is 5. The monoisotopic (exact) mass is 364 g/mol. The van der Waals surface area contributed by atoms with Crippen LogP contribution < -0.4 is 11.1 Å². The maximum Gasteiger partial charge on any atom is 0.325 e. The Hall–Kier alpha value is -2.08. The van der Waals surface area contributed by atoms with Gasteiger partial charge in [0.05, 0.1) is 6.54 Å². The molecule has 1 saturated carbocycles. The minimum Gasteiger partial charge on any atom is -0.480 e. The second kappa shape index (κ2) is 11.5. The van der Waals surface area contributed by atoms with Gasteiger partial charge in [-0.25, -0.2) is 0 Å². The molecule has 0 radical (unpaired) electrons. The molecule has 1 fully saturated rings. The number of carbonyl (C=O) groups is 2. The van der Waals surface area contributed by atoms with Crippen LogP contribution in [-0.2, 0) is 20.7 Å². The second-order valence-corrected chi connectivity index (χ2v) is 6.62. The first-order valence-electron chi connectivity index (χ1n) is 9.36. The van der Waals surface area contributed by atoms with Gasteiger partial charge in [-0.05, 0) is 57.1 Å². The summed E-state index contributed by atoms with van der Waals surface area (Å²) < 4.78 is 5.08. The van der Waals surface area contributed by atoms with Gasteiger partial charge in [0.15, 0.2) is 0 Å². The number of carboxylic acids is 1. The Kier molecular flexibility index (Phi) is 9.73. The molecule has 1 aromatic carbocycles. The molecule has 0 spiro atoms. The Morgan fingerprint density at radius 2 is 1.96 bits per heavy atom. The van der Waals surface area contributed by atoms with Crippen molar-refractivity contribution < 1.29 is 19.4 Å². The van der Waals surface area contributed by atoms with E-state index in [1.807, 2.05) is 25.1 Å². The van der Waals surface area contributed by atoms with Crippen LogP contribution in [0.1, 0.15) is 57.1 Å². The molecule has 1 atom stereocenters. The van der Waals surface area contributed by atoms with Gasteiger partial charge in [-0.3, -0.25) is 9.59 Å². The number of nitrogens with two attached hydrogens (primary N) is 1. The van der Waals surface area contributed by atoms with Crippen molar-refractivity contribution in [3.63, 3.8) is 0 Å². The molecule has 1 aliphatic rings. The van der Waals surface area contributed by atoms with Crippen LogP contribution in [-0.4, -0.2) is 35.7 Å². The number of aryl methyl sites for hydroxylation is 2. The van der Waals surface area contributed by atoms with Crippen molar-refractivity contribution in [3.05, 3.63) is 29.3 Å². The van der Waals surface area contributed by atoms with E-state index in [1.165, 1.54) is 19.3 Å². The molecule has 4 N–H and O–H groups in total. The lowest BCUT2D eigenvalue weighted by molar-refractivity contribution is -0.148. The lowest BCUT2D eigenvalue weighted by atomic mass is 9.98. The van der Waals surface area contributed by atoms with Crippen molar-refractivity contribution in [2.45, 2.75) is 71.4 Å². The Morgan fingerprint density at radius 3 is 2.50 bits per heavy atom. The van der Waals surface area contributed by atoms with E-state index in [2.05, 4.69) is 12.2 Å². The van der Waals surface area contributed by atoms with Gasteiger partial charge in [-0.15, -0.1) is 0 Å². The first-order chi connectivity index (χ1) is 12.4. The highest BCUT2D eigenvalue weighted by molar-refractivity contribution is 5.77. The van der Waals surface area contributed by atoms with E-state index < -0.39 is 12.0 Å². The van der Waals surface area contributed by atoms with Gasteiger partial charge in [0, 0.05) is 5.69 Å². The first kappa shape index (κ1) is 22.0. The molecule has 0 aliphatic heterocycles. The van der Waals surface area contributed by atoms with Gasteiger partial charge >= 0.3 is 11.9 Å². The zero-order chi connectivity index (χ0) is 19.5. The number of esters is 1. The number of rotatable bonds is 6. The molecular weight excluding hydrogens is 332 g/mol. The molecule has 6 nitrogen and oxygen atoms in total. The summed E-state index contributed by atoms with van der Waals surface area (Å²) in [6.07, 6.45) is 6.73. The number of ether oxygens (including phenoxy) is 1. The van der Waals surface area contributed by atoms with Crippen molar-refractivity contribution in [1.29, 1.82) is 0 Å². The lowest BCUT2D eigenvalue weighted by Crippen LogP contribution is -2.26. The third-order valence-corrected chi connectivity index (χ3v) is 4.49. The van der Waals surface area contributed by atoms with E-state index >= 15 is 0 Å². The van der Waals surface area contributed by atoms with Gasteiger partial charge in [0.25, 0.3) is 0 Å². The van der Waals surface area contributed by atoms with Crippen LogP contribution in [0.5, 0.6) is 0 Å². The maximum absolute atomic E-state index is 10.8. The van der Waals surface area contributed by atoms with Crippen molar-refractivity contribution in [1.82, 2.24) is 0 Å². The summed E-state index contributed by atoms with van der Waals surface area (Å²) in [6, 6.07) is 5.43. The van der Waals surface area contributed by atoms with Gasteiger partial charge < -0.3 is 20.9 Å². The van der Waals surface area contributed by atoms with E-state index in [0.717, 1.165) is 36.1 Å². The van der Waals surface area contributed by atoms with Crippen molar-refractivity contribution >= 4 is 17.6 Å². The predicted molar refractivity (Wildman–Crippen MR) is 103 cm³/mol. The summed E-state index contributed by atoms with van der Waals surface area (Å²) in [5, 5.41) is 11.9. The number of nitrogens with one attached hydrogen (secondary N) is 1. The van der Waals surface area contributed by atoms with Crippen LogP contribution in [0.2, 0.25) is 0 Å². The molecule has 0 saturated heterocycles. The third-order valence-electron chi connectivity index (χ3n) is 4.49. The van der Waals surface area contributed by atoms with Crippen LogP contribution in [0.15, 0.2) is 18.2 Å². The highest BCUT2D eigenvalue weighted by Gasteiger charge is 2.16. The van der Waals surface area contributed by atoms with E-state index in [-0.39, 0.29) is 18.6 Å². The fraction of sp³-hybridized carbons (Fsp3) is 0.600. The van der Waals surface area contributed by atoms with Crippen LogP contribution >= 0.6 is 0 Å². The Balaban J connectivity index is 0.000000273. The quantitative estimate of drug-likeness (QED) is 0.670. The minimum absolute atomic E-state index is 0.0104. The second-order valence-electron chi connectivity index (χ2n) is 6.62. The summed E-state index contributed by atoms with van der Waals surface area (Å²) in [4.78, 5) is 21.5. The van der Waals surface area contributed by atoms with Crippen molar-refractivity contribution in [2.75, 3.05) is 11.9 Å². The largest absolute Gasteiger partial charge is 0.480 e. The fourth-order valence-electron chi connectivity index (χ4n) is 2.92. The number of hydrogen-bond donors (Lipinski definition) is 3. The van der Waals surface area contributed by atoms with Crippen molar-refractivity contribution in [2.24, 2.45) is 5.73 Å². The maximum atomic E-state index is 10.8. The highest BCUT2D eigenvalue weighted by Crippen LogP contribution is 2.22. The van der Waals surface area contributed by atoms with Crippen LogP contribution in [0.4, 0.5) is 5.69 Å². The molecule has 146 valence electrons. The highest BCUT2D eigenvalue weighted by atomic mass is 16.5. The van der Waals surface area contributed by atoms with E-state index in [0.29, 0.717) is 0 Å². The number of carbonyl (C=O) groups excluding carboxylic acids is 1. The van der Waals surface area contributed by atoms with Crippen molar-refractivity contribution in [3.8, 4) is 0 Å². The van der Waals surface area contributed by atoms with Gasteiger partial charge in [-0.1, -0.05) is 31.5 Å². The summed E-state index contributed by atoms with van der Waals surface area (Å²) >= 11 is 0. The standard InChI is InChI=1S/C12H17NO2.C8H15NO2/c1-4-10-7-5-6-8(2)11(10)13-9(3)12(14)15;9-6-8(10)11-7-4-2-1-3-5-7/h5-7,9,13H,4H2,1-3H3,(H,14,15);7H,1-6,9H2/t9-;/m0./s1. The van der Waals surface area contributed by atoms with Crippen LogP contribution in [0.25, 0.3) is 0 Å². The van der Waals surface area contributed by atoms with Gasteiger partial charge in [0.1, 0.15) is 12.1 Å². The fourth-order valence-corrected chi connectivity index (χ4v) is 2.92. The van der Waals surface area contributed by atoms with Crippen LogP contribution in [0.3, 0.4) is 0 Å². The SMILES string of the molecule is CCc1cccc(C)c1N[C@@H](C)C(=O)O.NCC(=O)OC1CCCCC1. The molecule has 0 aromatic heterocycles. The normalized spacial score (nSPS) is 15.4. The number of carboxylic acid groups (broad SMARTS) is 1. The Bertz CT molecular complexity index is 583. The molecule has 0 heterocycles. The van der Waals surface area contributed by atoms with E-state index in [9.17, 15) is 9.59 Å². The van der Waals surface area contributed by atoms with E-state index in [4.69, 9.17) is 15.6 Å². The smallest absolute Gasteiger partial charge is 0.325 e. The molecule has 2 rings (SSSR count). The molecule has 26 heavy (non-hydrogen) atoms. The third kappa shape index (κ3) is 7.44. The topological polar surface area (TPSA) is 102 Å². The Labute approximate surface area is 156 Å². The summed E-state index contributed by atoms with van der Waals surface area (Å²) in [5.74, 6) is -1.10.